The highest BCUT2D eigenvalue weighted by molar-refractivity contribution is 5.39. The van der Waals surface area contributed by atoms with Gasteiger partial charge in [0.2, 0.25) is 0 Å². The maximum absolute atomic E-state index is 10.2. The SMILES string of the molecule is CCCC=CC(C)C1CCC2C3=CC=C4CC(O)CCC4(C)C3CCC21C. The largest absolute Gasteiger partial charge is 0.393 e. The lowest BCUT2D eigenvalue weighted by Crippen LogP contribution is -2.46. The van der Waals surface area contributed by atoms with E-state index in [1.807, 2.05) is 0 Å². The molecule has 3 fully saturated rings. The molecule has 1 N–H and O–H groups in total. The van der Waals surface area contributed by atoms with Gasteiger partial charge in [0.05, 0.1) is 6.10 Å². The zero-order valence-electron chi connectivity index (χ0n) is 18.0. The van der Waals surface area contributed by atoms with Crippen LogP contribution in [0.5, 0.6) is 0 Å². The number of aliphatic hydroxyl groups is 1. The van der Waals surface area contributed by atoms with Gasteiger partial charge in [-0.15, -0.1) is 0 Å². The third kappa shape index (κ3) is 3.09. The van der Waals surface area contributed by atoms with Crippen molar-refractivity contribution in [3.8, 4) is 0 Å². The van der Waals surface area contributed by atoms with Crippen molar-refractivity contribution in [3.63, 3.8) is 0 Å². The molecule has 4 aliphatic rings. The van der Waals surface area contributed by atoms with E-state index in [0.717, 1.165) is 30.6 Å². The van der Waals surface area contributed by atoms with Gasteiger partial charge in [0.15, 0.2) is 0 Å². The highest BCUT2D eigenvalue weighted by Crippen LogP contribution is 2.65. The first-order valence-electron chi connectivity index (χ1n) is 11.7. The molecule has 0 amide bonds. The van der Waals surface area contributed by atoms with E-state index >= 15 is 0 Å². The lowest BCUT2D eigenvalue weighted by molar-refractivity contribution is 0.0383. The van der Waals surface area contributed by atoms with Crippen molar-refractivity contribution < 1.29 is 5.11 Å². The third-order valence-corrected chi connectivity index (χ3v) is 9.15. The van der Waals surface area contributed by atoms with Gasteiger partial charge in [-0.05, 0) is 85.9 Å². The molecule has 0 aromatic heterocycles. The van der Waals surface area contributed by atoms with Gasteiger partial charge in [-0.25, -0.2) is 0 Å². The van der Waals surface area contributed by atoms with E-state index in [9.17, 15) is 5.11 Å². The van der Waals surface area contributed by atoms with E-state index in [-0.39, 0.29) is 6.10 Å². The summed E-state index contributed by atoms with van der Waals surface area (Å²) in [6, 6.07) is 0. The molecular weight excluding hydrogens is 328 g/mol. The van der Waals surface area contributed by atoms with Crippen LogP contribution in [0.2, 0.25) is 0 Å². The number of hydrogen-bond donors (Lipinski definition) is 1. The highest BCUT2D eigenvalue weighted by atomic mass is 16.3. The second-order valence-electron chi connectivity index (χ2n) is 10.6. The van der Waals surface area contributed by atoms with E-state index in [4.69, 9.17) is 0 Å². The molecule has 0 radical (unpaired) electrons. The summed E-state index contributed by atoms with van der Waals surface area (Å²) < 4.78 is 0. The summed E-state index contributed by atoms with van der Waals surface area (Å²) in [5.74, 6) is 3.06. The molecule has 1 heteroatoms. The van der Waals surface area contributed by atoms with Crippen LogP contribution < -0.4 is 0 Å². The second-order valence-corrected chi connectivity index (χ2v) is 10.6. The average molecular weight is 369 g/mol. The van der Waals surface area contributed by atoms with Gasteiger partial charge in [-0.2, -0.15) is 0 Å². The molecule has 4 rings (SSSR count). The zero-order chi connectivity index (χ0) is 19.2. The van der Waals surface area contributed by atoms with Gasteiger partial charge in [0, 0.05) is 0 Å². The quantitative estimate of drug-likeness (QED) is 0.539. The van der Waals surface area contributed by atoms with Crippen LogP contribution in [0.4, 0.5) is 0 Å². The van der Waals surface area contributed by atoms with E-state index in [2.05, 4.69) is 52.0 Å². The maximum Gasteiger partial charge on any atom is 0.0578 e. The van der Waals surface area contributed by atoms with Crippen molar-refractivity contribution >= 4 is 0 Å². The molecule has 7 unspecified atom stereocenters. The Labute approximate surface area is 167 Å². The van der Waals surface area contributed by atoms with Gasteiger partial charge >= 0.3 is 0 Å². The topological polar surface area (TPSA) is 20.2 Å². The van der Waals surface area contributed by atoms with E-state index < -0.39 is 0 Å². The van der Waals surface area contributed by atoms with E-state index in [0.29, 0.717) is 16.7 Å². The van der Waals surface area contributed by atoms with Crippen LogP contribution in [0.15, 0.2) is 35.5 Å². The van der Waals surface area contributed by atoms with Crippen molar-refractivity contribution in [1.29, 1.82) is 0 Å². The van der Waals surface area contributed by atoms with Gasteiger partial charge in [-0.1, -0.05) is 69.6 Å². The van der Waals surface area contributed by atoms with Gasteiger partial charge in [0.1, 0.15) is 0 Å². The second kappa shape index (κ2) is 7.21. The Morgan fingerprint density at radius 2 is 1.93 bits per heavy atom. The molecule has 7 atom stereocenters. The fraction of sp³-hybridized carbons (Fsp3) is 0.769. The molecule has 27 heavy (non-hydrogen) atoms. The van der Waals surface area contributed by atoms with Crippen molar-refractivity contribution in [2.45, 2.75) is 91.6 Å². The van der Waals surface area contributed by atoms with Crippen LogP contribution in [0.3, 0.4) is 0 Å². The number of rotatable bonds is 4. The molecule has 0 aromatic rings. The summed E-state index contributed by atoms with van der Waals surface area (Å²) in [7, 11) is 0. The van der Waals surface area contributed by atoms with E-state index in [1.165, 1.54) is 50.5 Å². The van der Waals surface area contributed by atoms with Crippen molar-refractivity contribution in [1.82, 2.24) is 0 Å². The third-order valence-electron chi connectivity index (χ3n) is 9.15. The van der Waals surface area contributed by atoms with Crippen molar-refractivity contribution in [3.05, 3.63) is 35.5 Å². The number of allylic oxidation sites excluding steroid dienone is 5. The number of fused-ring (bicyclic) bond motifs is 5. The lowest BCUT2D eigenvalue weighted by Gasteiger charge is -2.55. The Kier molecular flexibility index (Phi) is 5.21. The summed E-state index contributed by atoms with van der Waals surface area (Å²) in [4.78, 5) is 0. The van der Waals surface area contributed by atoms with E-state index in [1.54, 1.807) is 5.57 Å². The van der Waals surface area contributed by atoms with Crippen LogP contribution in [0, 0.1) is 34.5 Å². The fourth-order valence-corrected chi connectivity index (χ4v) is 7.50. The summed E-state index contributed by atoms with van der Waals surface area (Å²) in [5, 5.41) is 10.2. The number of unbranched alkanes of at least 4 members (excludes halogenated alkanes) is 1. The summed E-state index contributed by atoms with van der Waals surface area (Å²) >= 11 is 0. The molecular formula is C26H40O. The molecule has 0 saturated heterocycles. The van der Waals surface area contributed by atoms with Crippen LogP contribution in [0.1, 0.15) is 85.5 Å². The maximum atomic E-state index is 10.2. The minimum atomic E-state index is -0.111. The van der Waals surface area contributed by atoms with Gasteiger partial charge in [0.25, 0.3) is 0 Å². The standard InChI is InChI=1S/C26H40O/c1-5-6-7-8-18(2)22-11-12-23-21-10-9-19-17-20(27)13-15-25(19,3)24(21)14-16-26(22,23)4/h7-10,18,20,22-24,27H,5-6,11-17H2,1-4H3. The Hall–Kier alpha value is -0.820. The Morgan fingerprint density at radius 3 is 2.70 bits per heavy atom. The molecule has 0 heterocycles. The minimum absolute atomic E-state index is 0.111. The van der Waals surface area contributed by atoms with Gasteiger partial charge < -0.3 is 5.11 Å². The normalized spacial score (nSPS) is 44.9. The first-order chi connectivity index (χ1) is 12.9. The zero-order valence-corrected chi connectivity index (χ0v) is 18.0. The Morgan fingerprint density at radius 1 is 1.11 bits per heavy atom. The molecule has 4 aliphatic carbocycles. The molecule has 0 bridgehead atoms. The van der Waals surface area contributed by atoms with Crippen LogP contribution in [0.25, 0.3) is 0 Å². The van der Waals surface area contributed by atoms with Crippen LogP contribution in [-0.2, 0) is 0 Å². The fourth-order valence-electron chi connectivity index (χ4n) is 7.50. The molecule has 3 saturated carbocycles. The summed E-state index contributed by atoms with van der Waals surface area (Å²) in [6.07, 6.45) is 20.8. The number of aliphatic hydroxyl groups excluding tert-OH is 1. The minimum Gasteiger partial charge on any atom is -0.393 e. The first kappa shape index (κ1) is 19.5. The first-order valence-corrected chi connectivity index (χ1v) is 11.7. The van der Waals surface area contributed by atoms with Crippen LogP contribution >= 0.6 is 0 Å². The number of hydrogen-bond acceptors (Lipinski definition) is 1. The molecule has 0 aliphatic heterocycles. The molecule has 150 valence electrons. The van der Waals surface area contributed by atoms with Crippen molar-refractivity contribution in [2.24, 2.45) is 34.5 Å². The summed E-state index contributed by atoms with van der Waals surface area (Å²) in [5.41, 5.74) is 4.10. The Balaban J connectivity index is 1.60. The summed E-state index contributed by atoms with van der Waals surface area (Å²) in [6.45, 7) is 9.86. The highest BCUT2D eigenvalue weighted by Gasteiger charge is 2.56. The molecule has 0 spiro atoms. The van der Waals surface area contributed by atoms with Gasteiger partial charge in [-0.3, -0.25) is 0 Å². The predicted octanol–water partition coefficient (Wildman–Crippen LogP) is 6.84. The monoisotopic (exact) mass is 368 g/mol. The molecule has 1 nitrogen and oxygen atoms in total. The average Bonchev–Trinajstić information content (AvgIpc) is 3.00. The lowest BCUT2D eigenvalue weighted by atomic mass is 9.50. The molecule has 0 aromatic carbocycles. The smallest absolute Gasteiger partial charge is 0.0578 e. The van der Waals surface area contributed by atoms with Crippen LogP contribution in [-0.4, -0.2) is 11.2 Å². The Bertz CT molecular complexity index is 655. The van der Waals surface area contributed by atoms with Crippen molar-refractivity contribution in [2.75, 3.05) is 0 Å². The predicted molar refractivity (Wildman–Crippen MR) is 114 cm³/mol.